The van der Waals surface area contributed by atoms with Crippen LogP contribution in [0.25, 0.3) is 11.3 Å². The highest BCUT2D eigenvalue weighted by Crippen LogP contribution is 2.33. The molecule has 0 bridgehead atoms. The number of carbonyl (C=O) groups is 1. The fourth-order valence-corrected chi connectivity index (χ4v) is 5.04. The van der Waals surface area contributed by atoms with E-state index in [2.05, 4.69) is 20.0 Å². The summed E-state index contributed by atoms with van der Waals surface area (Å²) in [4.78, 5) is 20.1. The second kappa shape index (κ2) is 8.05. The Balaban J connectivity index is 1.89. The fraction of sp³-hybridized carbons (Fsp3) is 0.167. The molecule has 29 heavy (non-hydrogen) atoms. The highest BCUT2D eigenvalue weighted by Gasteiger charge is 2.22. The molecule has 7 nitrogen and oxygen atoms in total. The Morgan fingerprint density at radius 1 is 1.24 bits per heavy atom. The van der Waals surface area contributed by atoms with Crippen LogP contribution in [-0.2, 0) is 14.8 Å². The summed E-state index contributed by atoms with van der Waals surface area (Å²) < 4.78 is 41.3. The molecule has 0 aliphatic heterocycles. The van der Waals surface area contributed by atoms with Crippen molar-refractivity contribution in [2.24, 2.45) is 0 Å². The summed E-state index contributed by atoms with van der Waals surface area (Å²) in [6.07, 6.45) is 1.27. The molecule has 0 aliphatic rings. The fourth-order valence-electron chi connectivity index (χ4n) is 2.63. The van der Waals surface area contributed by atoms with Gasteiger partial charge in [-0.25, -0.2) is 14.4 Å². The van der Waals surface area contributed by atoms with Gasteiger partial charge in [0.1, 0.15) is 5.82 Å². The van der Waals surface area contributed by atoms with Crippen LogP contribution < -0.4 is 10.0 Å². The summed E-state index contributed by atoms with van der Waals surface area (Å²) in [7, 11) is -4.00. The molecule has 0 saturated heterocycles. The van der Waals surface area contributed by atoms with Gasteiger partial charge < -0.3 is 5.32 Å². The number of nitrogens with zero attached hydrogens (tertiary/aromatic N) is 2. The molecule has 0 unspecified atom stereocenters. The van der Waals surface area contributed by atoms with E-state index in [0.29, 0.717) is 22.5 Å². The van der Waals surface area contributed by atoms with E-state index in [1.54, 1.807) is 13.8 Å². The lowest BCUT2D eigenvalue weighted by atomic mass is 10.1. The summed E-state index contributed by atoms with van der Waals surface area (Å²) in [5.74, 6) is -0.833. The van der Waals surface area contributed by atoms with E-state index in [-0.39, 0.29) is 21.1 Å². The second-order valence-corrected chi connectivity index (χ2v) is 9.39. The van der Waals surface area contributed by atoms with Crippen molar-refractivity contribution < 1.29 is 17.6 Å². The third-order valence-corrected chi connectivity index (χ3v) is 6.52. The molecule has 0 fully saturated rings. The Hall–Kier alpha value is -2.56. The number of amides is 1. The smallest absolute Gasteiger partial charge is 0.281 e. The van der Waals surface area contributed by atoms with Crippen LogP contribution in [0.4, 0.5) is 15.2 Å². The molecule has 2 aromatic heterocycles. The van der Waals surface area contributed by atoms with Crippen LogP contribution in [0.1, 0.15) is 17.4 Å². The molecule has 0 aliphatic carbocycles. The number of benzene rings is 1. The SMILES string of the molecule is CC(=O)Nc1cnc(S(=O)(=O)Nc2nc(-c3ccc(F)c(Cl)c3)c(C)s2)c(C)c1. The number of thiazole rings is 1. The van der Waals surface area contributed by atoms with Crippen LogP contribution in [-0.4, -0.2) is 24.3 Å². The number of aryl methyl sites for hydroxylation is 2. The second-order valence-electron chi connectivity index (χ2n) is 6.19. The monoisotopic (exact) mass is 454 g/mol. The van der Waals surface area contributed by atoms with Crippen molar-refractivity contribution in [3.8, 4) is 11.3 Å². The van der Waals surface area contributed by atoms with Gasteiger partial charge in [-0.15, -0.1) is 11.3 Å². The van der Waals surface area contributed by atoms with Crippen molar-refractivity contribution in [2.75, 3.05) is 10.0 Å². The Kier molecular flexibility index (Phi) is 5.87. The number of aromatic nitrogens is 2. The number of hydrogen-bond donors (Lipinski definition) is 2. The molecule has 1 aromatic carbocycles. The lowest BCUT2D eigenvalue weighted by Crippen LogP contribution is -2.16. The first-order valence-corrected chi connectivity index (χ1v) is 10.9. The van der Waals surface area contributed by atoms with Crippen molar-refractivity contribution in [1.82, 2.24) is 9.97 Å². The minimum Gasteiger partial charge on any atom is -0.325 e. The molecule has 0 radical (unpaired) electrons. The molecule has 152 valence electrons. The van der Waals surface area contributed by atoms with Crippen molar-refractivity contribution >= 4 is 49.7 Å². The maximum atomic E-state index is 13.4. The molecular formula is C18H16ClFN4O3S2. The van der Waals surface area contributed by atoms with Crippen molar-refractivity contribution in [3.05, 3.63) is 51.7 Å². The van der Waals surface area contributed by atoms with Crippen LogP contribution in [0.3, 0.4) is 0 Å². The first kappa shape index (κ1) is 21.2. The van der Waals surface area contributed by atoms with E-state index in [1.807, 2.05) is 0 Å². The number of sulfonamides is 1. The summed E-state index contributed by atoms with van der Waals surface area (Å²) in [5, 5.41) is 2.47. The lowest BCUT2D eigenvalue weighted by molar-refractivity contribution is -0.114. The molecule has 0 atom stereocenters. The van der Waals surface area contributed by atoms with Crippen molar-refractivity contribution in [2.45, 2.75) is 25.8 Å². The van der Waals surface area contributed by atoms with Gasteiger partial charge >= 0.3 is 0 Å². The predicted molar refractivity (Wildman–Crippen MR) is 111 cm³/mol. The standard InChI is InChI=1S/C18H16ClFN4O3S2/c1-9-6-13(22-11(3)25)8-21-17(9)29(26,27)24-18-23-16(10(2)28-18)12-4-5-15(20)14(19)7-12/h4-8H,1-3H3,(H,22,25)(H,23,24). The van der Waals surface area contributed by atoms with Gasteiger partial charge in [-0.05, 0) is 43.7 Å². The van der Waals surface area contributed by atoms with Crippen LogP contribution >= 0.6 is 22.9 Å². The average molecular weight is 455 g/mol. The van der Waals surface area contributed by atoms with Gasteiger partial charge in [0.25, 0.3) is 10.0 Å². The van der Waals surface area contributed by atoms with Crippen LogP contribution in [0.5, 0.6) is 0 Å². The zero-order valence-corrected chi connectivity index (χ0v) is 18.0. The van der Waals surface area contributed by atoms with E-state index in [1.165, 1.54) is 37.4 Å². The highest BCUT2D eigenvalue weighted by atomic mass is 35.5. The maximum Gasteiger partial charge on any atom is 0.281 e. The van der Waals surface area contributed by atoms with Gasteiger partial charge in [-0.1, -0.05) is 11.6 Å². The molecule has 1 amide bonds. The number of carbonyl (C=O) groups excluding carboxylic acids is 1. The molecule has 3 rings (SSSR count). The zero-order chi connectivity index (χ0) is 21.3. The highest BCUT2D eigenvalue weighted by molar-refractivity contribution is 7.92. The van der Waals surface area contributed by atoms with Gasteiger partial charge in [0.2, 0.25) is 5.91 Å². The van der Waals surface area contributed by atoms with Gasteiger partial charge in [-0.2, -0.15) is 8.42 Å². The maximum absolute atomic E-state index is 13.4. The summed E-state index contributed by atoms with van der Waals surface area (Å²) in [5.41, 5.74) is 1.84. The molecule has 2 N–H and O–H groups in total. The first-order valence-electron chi connectivity index (χ1n) is 8.26. The molecule has 3 aromatic rings. The number of pyridine rings is 1. The lowest BCUT2D eigenvalue weighted by Gasteiger charge is -2.09. The molecule has 2 heterocycles. The number of halogens is 2. The van der Waals surface area contributed by atoms with Crippen LogP contribution in [0.15, 0.2) is 35.5 Å². The largest absolute Gasteiger partial charge is 0.325 e. The summed E-state index contributed by atoms with van der Waals surface area (Å²) >= 11 is 6.96. The number of hydrogen-bond acceptors (Lipinski definition) is 6. The quantitative estimate of drug-likeness (QED) is 0.596. The first-order chi connectivity index (χ1) is 13.6. The summed E-state index contributed by atoms with van der Waals surface area (Å²) in [6, 6.07) is 5.70. The number of nitrogens with one attached hydrogen (secondary N) is 2. The van der Waals surface area contributed by atoms with Gasteiger partial charge in [0, 0.05) is 17.4 Å². The molecule has 0 spiro atoms. The van der Waals surface area contributed by atoms with Gasteiger partial charge in [-0.3, -0.25) is 9.52 Å². The Morgan fingerprint density at radius 3 is 2.59 bits per heavy atom. The normalized spacial score (nSPS) is 11.3. The van der Waals surface area contributed by atoms with E-state index >= 15 is 0 Å². The van der Waals surface area contributed by atoms with Crippen LogP contribution in [0, 0.1) is 19.7 Å². The third kappa shape index (κ3) is 4.72. The van der Waals surface area contributed by atoms with E-state index < -0.39 is 15.8 Å². The topological polar surface area (TPSA) is 101 Å². The average Bonchev–Trinajstić information content (AvgIpc) is 2.96. The molecule has 11 heteroatoms. The Bertz CT molecular complexity index is 1210. The Labute approximate surface area is 176 Å². The molecular weight excluding hydrogens is 439 g/mol. The van der Waals surface area contributed by atoms with Crippen molar-refractivity contribution in [1.29, 1.82) is 0 Å². The minimum atomic E-state index is -4.00. The van der Waals surface area contributed by atoms with Crippen molar-refractivity contribution in [3.63, 3.8) is 0 Å². The van der Waals surface area contributed by atoms with Gasteiger partial charge in [0.05, 0.1) is 22.6 Å². The minimum absolute atomic E-state index is 0.0453. The number of anilines is 2. The van der Waals surface area contributed by atoms with E-state index in [9.17, 15) is 17.6 Å². The Morgan fingerprint density at radius 2 is 1.97 bits per heavy atom. The zero-order valence-electron chi connectivity index (χ0n) is 15.6. The van der Waals surface area contributed by atoms with Crippen LogP contribution in [0.2, 0.25) is 5.02 Å². The van der Waals surface area contributed by atoms with E-state index in [4.69, 9.17) is 11.6 Å². The predicted octanol–water partition coefficient (Wildman–Crippen LogP) is 4.37. The summed E-state index contributed by atoms with van der Waals surface area (Å²) in [6.45, 7) is 4.69. The molecule has 0 saturated carbocycles. The number of rotatable bonds is 5. The van der Waals surface area contributed by atoms with E-state index in [0.717, 1.165) is 16.2 Å². The van der Waals surface area contributed by atoms with Gasteiger partial charge in [0.15, 0.2) is 10.2 Å². The third-order valence-electron chi connectivity index (χ3n) is 3.82.